The number of nitrogens with zero attached hydrogens (tertiary/aromatic N) is 3. The van der Waals surface area contributed by atoms with Crippen LogP contribution < -0.4 is 11.1 Å². The molecule has 1 rings (SSSR count). The van der Waals surface area contributed by atoms with Crippen LogP contribution in [-0.4, -0.2) is 27.7 Å². The van der Waals surface area contributed by atoms with E-state index >= 15 is 0 Å². The summed E-state index contributed by atoms with van der Waals surface area (Å²) in [4.78, 5) is 10.5. The molecule has 9 heteroatoms. The van der Waals surface area contributed by atoms with Crippen LogP contribution in [0.3, 0.4) is 0 Å². The number of nitrogen functional groups attached to an aromatic ring is 1. The maximum absolute atomic E-state index is 11.8. The van der Waals surface area contributed by atoms with Gasteiger partial charge in [0.05, 0.1) is 6.42 Å². The SMILES string of the molecule is Nc1nc(Cl)nc(NCCC(F)(F)F)n1. The molecule has 1 aromatic heterocycles. The summed E-state index contributed by atoms with van der Waals surface area (Å²) in [6, 6.07) is 0. The molecule has 0 unspecified atom stereocenters. The number of nitrogens with one attached hydrogen (secondary N) is 1. The average molecular weight is 242 g/mol. The maximum atomic E-state index is 11.8. The largest absolute Gasteiger partial charge is 0.390 e. The molecule has 84 valence electrons. The number of hydrogen-bond donors (Lipinski definition) is 2. The van der Waals surface area contributed by atoms with E-state index in [0.29, 0.717) is 0 Å². The highest BCUT2D eigenvalue weighted by Gasteiger charge is 2.26. The maximum Gasteiger partial charge on any atom is 0.390 e. The Labute approximate surface area is 87.9 Å². The van der Waals surface area contributed by atoms with E-state index < -0.39 is 12.6 Å². The Kier molecular flexibility index (Phi) is 3.51. The Balaban J connectivity index is 2.51. The molecule has 0 spiro atoms. The molecule has 1 aromatic rings. The number of alkyl halides is 3. The second-order valence-electron chi connectivity index (χ2n) is 2.58. The van der Waals surface area contributed by atoms with Gasteiger partial charge < -0.3 is 11.1 Å². The second-order valence-corrected chi connectivity index (χ2v) is 2.92. The summed E-state index contributed by atoms with van der Waals surface area (Å²) in [7, 11) is 0. The summed E-state index contributed by atoms with van der Waals surface area (Å²) in [6.07, 6.45) is -5.22. The molecule has 0 saturated carbocycles. The van der Waals surface area contributed by atoms with E-state index in [1.165, 1.54) is 0 Å². The van der Waals surface area contributed by atoms with Crippen LogP contribution in [0.5, 0.6) is 0 Å². The van der Waals surface area contributed by atoms with Gasteiger partial charge in [-0.15, -0.1) is 0 Å². The highest BCUT2D eigenvalue weighted by Crippen LogP contribution is 2.19. The third-order valence-electron chi connectivity index (χ3n) is 1.32. The van der Waals surface area contributed by atoms with Crippen molar-refractivity contribution < 1.29 is 13.2 Å². The molecule has 0 bridgehead atoms. The fourth-order valence-electron chi connectivity index (χ4n) is 0.761. The molecule has 0 fully saturated rings. The first-order valence-corrected chi connectivity index (χ1v) is 4.22. The predicted octanol–water partition coefficient (Wildman–Crippen LogP) is 1.47. The first kappa shape index (κ1) is 11.8. The molecule has 0 amide bonds. The van der Waals surface area contributed by atoms with Crippen molar-refractivity contribution in [1.29, 1.82) is 0 Å². The number of anilines is 2. The molecule has 3 N–H and O–H groups in total. The molecule has 0 radical (unpaired) electrons. The fraction of sp³-hybridized carbons (Fsp3) is 0.500. The monoisotopic (exact) mass is 241 g/mol. The van der Waals surface area contributed by atoms with E-state index in [4.69, 9.17) is 17.3 Å². The van der Waals surface area contributed by atoms with E-state index in [2.05, 4.69) is 20.3 Å². The van der Waals surface area contributed by atoms with Crippen LogP contribution in [0.4, 0.5) is 25.1 Å². The topological polar surface area (TPSA) is 76.7 Å². The van der Waals surface area contributed by atoms with Gasteiger partial charge in [0, 0.05) is 6.54 Å². The van der Waals surface area contributed by atoms with Gasteiger partial charge >= 0.3 is 6.18 Å². The van der Waals surface area contributed by atoms with Crippen molar-refractivity contribution >= 4 is 23.5 Å². The molecular weight excluding hydrogens is 235 g/mol. The Morgan fingerprint density at radius 3 is 2.47 bits per heavy atom. The Bertz CT molecular complexity index is 322. The van der Waals surface area contributed by atoms with Gasteiger partial charge in [-0.3, -0.25) is 0 Å². The smallest absolute Gasteiger partial charge is 0.368 e. The minimum Gasteiger partial charge on any atom is -0.368 e. The standard InChI is InChI=1S/C6H7ClF3N5/c7-3-13-4(11)15-5(14-3)12-2-1-6(8,9)10/h1-2H2,(H3,11,12,13,14,15). The first-order chi connectivity index (χ1) is 6.87. The summed E-state index contributed by atoms with van der Waals surface area (Å²) in [5.74, 6) is -0.221. The fourth-order valence-corrected chi connectivity index (χ4v) is 0.927. The van der Waals surface area contributed by atoms with Crippen LogP contribution in [0.15, 0.2) is 0 Å². The highest BCUT2D eigenvalue weighted by molar-refractivity contribution is 6.28. The van der Waals surface area contributed by atoms with Crippen molar-refractivity contribution in [2.75, 3.05) is 17.6 Å². The number of hydrogen-bond acceptors (Lipinski definition) is 5. The van der Waals surface area contributed by atoms with Crippen LogP contribution >= 0.6 is 11.6 Å². The van der Waals surface area contributed by atoms with Crippen LogP contribution in [0.2, 0.25) is 5.28 Å². The van der Waals surface area contributed by atoms with Crippen molar-refractivity contribution in [3.8, 4) is 0 Å². The van der Waals surface area contributed by atoms with Crippen molar-refractivity contribution in [3.05, 3.63) is 5.28 Å². The molecule has 15 heavy (non-hydrogen) atoms. The van der Waals surface area contributed by atoms with E-state index in [1.807, 2.05) is 0 Å². The third kappa shape index (κ3) is 4.63. The molecule has 1 heterocycles. The van der Waals surface area contributed by atoms with Gasteiger partial charge in [-0.1, -0.05) is 0 Å². The minimum absolute atomic E-state index is 0.0725. The quantitative estimate of drug-likeness (QED) is 0.838. The summed E-state index contributed by atoms with van der Waals surface area (Å²) in [5, 5.41) is 2.17. The summed E-state index contributed by atoms with van der Waals surface area (Å²) >= 11 is 5.41. The summed E-state index contributed by atoms with van der Waals surface area (Å²) in [6.45, 7) is -0.344. The summed E-state index contributed by atoms with van der Waals surface area (Å²) in [5.41, 5.74) is 5.21. The van der Waals surface area contributed by atoms with Crippen molar-refractivity contribution in [3.63, 3.8) is 0 Å². The van der Waals surface area contributed by atoms with E-state index in [1.54, 1.807) is 0 Å². The van der Waals surface area contributed by atoms with Crippen molar-refractivity contribution in [2.24, 2.45) is 0 Å². The first-order valence-electron chi connectivity index (χ1n) is 3.84. The Morgan fingerprint density at radius 1 is 1.27 bits per heavy atom. The molecule has 0 atom stereocenters. The molecular formula is C6H7ClF3N5. The Hall–Kier alpha value is -1.31. The van der Waals surface area contributed by atoms with Gasteiger partial charge in [-0.2, -0.15) is 28.1 Å². The van der Waals surface area contributed by atoms with Gasteiger partial charge in [0.25, 0.3) is 0 Å². The zero-order valence-electron chi connectivity index (χ0n) is 7.35. The van der Waals surface area contributed by atoms with E-state index in [9.17, 15) is 13.2 Å². The average Bonchev–Trinajstić information content (AvgIpc) is 1.99. The number of halogens is 4. The molecule has 0 aliphatic heterocycles. The molecule has 0 saturated heterocycles. The summed E-state index contributed by atoms with van der Waals surface area (Å²) < 4.78 is 35.3. The second kappa shape index (κ2) is 4.47. The van der Waals surface area contributed by atoms with Gasteiger partial charge in [-0.25, -0.2) is 0 Å². The lowest BCUT2D eigenvalue weighted by molar-refractivity contribution is -0.131. The number of rotatable bonds is 3. The highest BCUT2D eigenvalue weighted by atomic mass is 35.5. The van der Waals surface area contributed by atoms with Crippen LogP contribution in [-0.2, 0) is 0 Å². The zero-order valence-corrected chi connectivity index (χ0v) is 8.10. The van der Waals surface area contributed by atoms with Crippen LogP contribution in [0.25, 0.3) is 0 Å². The third-order valence-corrected chi connectivity index (χ3v) is 1.49. The molecule has 0 aromatic carbocycles. The number of nitrogens with two attached hydrogens (primary N) is 1. The van der Waals surface area contributed by atoms with Crippen LogP contribution in [0, 0.1) is 0 Å². The minimum atomic E-state index is -4.23. The normalized spacial score (nSPS) is 11.5. The van der Waals surface area contributed by atoms with Crippen molar-refractivity contribution in [2.45, 2.75) is 12.6 Å². The van der Waals surface area contributed by atoms with Gasteiger partial charge in [0.2, 0.25) is 17.2 Å². The van der Waals surface area contributed by atoms with Gasteiger partial charge in [0.1, 0.15) is 0 Å². The zero-order chi connectivity index (χ0) is 11.5. The predicted molar refractivity (Wildman–Crippen MR) is 48.4 cm³/mol. The Morgan fingerprint density at radius 2 is 1.93 bits per heavy atom. The molecule has 5 nitrogen and oxygen atoms in total. The van der Waals surface area contributed by atoms with Crippen molar-refractivity contribution in [1.82, 2.24) is 15.0 Å². The molecule has 0 aliphatic rings. The van der Waals surface area contributed by atoms with Crippen LogP contribution in [0.1, 0.15) is 6.42 Å². The van der Waals surface area contributed by atoms with Gasteiger partial charge in [-0.05, 0) is 11.6 Å². The molecule has 0 aliphatic carbocycles. The van der Waals surface area contributed by atoms with Gasteiger partial charge in [0.15, 0.2) is 0 Å². The number of aromatic nitrogens is 3. The lowest BCUT2D eigenvalue weighted by Crippen LogP contribution is -2.16. The van der Waals surface area contributed by atoms with E-state index in [0.717, 1.165) is 0 Å². The lowest BCUT2D eigenvalue weighted by atomic mass is 10.4. The lowest BCUT2D eigenvalue weighted by Gasteiger charge is -2.07. The van der Waals surface area contributed by atoms with E-state index in [-0.39, 0.29) is 23.7 Å².